The smallest absolute Gasteiger partial charge is 0.257 e. The molecule has 0 radical (unpaired) electrons. The summed E-state index contributed by atoms with van der Waals surface area (Å²) in [6, 6.07) is 5.55. The monoisotopic (exact) mass is 282 g/mol. The third-order valence-corrected chi connectivity index (χ3v) is 2.71. The second-order valence-electron chi connectivity index (χ2n) is 4.11. The Bertz CT molecular complexity index is 424. The van der Waals surface area contributed by atoms with E-state index in [4.69, 9.17) is 14.2 Å². The van der Waals surface area contributed by atoms with Gasteiger partial charge in [-0.05, 0) is 6.07 Å². The zero-order valence-electron chi connectivity index (χ0n) is 12.2. The molecule has 0 spiro atoms. The summed E-state index contributed by atoms with van der Waals surface area (Å²) >= 11 is 0. The Kier molecular flexibility index (Phi) is 7.46. The van der Waals surface area contributed by atoms with Gasteiger partial charge in [-0.15, -0.1) is 0 Å². The normalized spacial score (nSPS) is 10.2. The van der Waals surface area contributed by atoms with Crippen molar-refractivity contribution < 1.29 is 19.0 Å². The quantitative estimate of drug-likeness (QED) is 0.648. The van der Waals surface area contributed by atoms with Crippen molar-refractivity contribution >= 4 is 5.91 Å². The Morgan fingerprint density at radius 1 is 1.30 bits per heavy atom. The van der Waals surface area contributed by atoms with Gasteiger partial charge in [-0.3, -0.25) is 4.79 Å². The van der Waals surface area contributed by atoms with Crippen molar-refractivity contribution in [2.45, 2.75) is 6.54 Å². The average Bonchev–Trinajstić information content (AvgIpc) is 2.49. The summed E-state index contributed by atoms with van der Waals surface area (Å²) in [7, 11) is 4.83. The minimum Gasteiger partial charge on any atom is -0.497 e. The molecule has 6 nitrogen and oxygen atoms in total. The molecule has 0 saturated heterocycles. The lowest BCUT2D eigenvalue weighted by Crippen LogP contribution is -2.25. The van der Waals surface area contributed by atoms with Crippen LogP contribution in [-0.2, 0) is 16.1 Å². The van der Waals surface area contributed by atoms with Gasteiger partial charge in [0.1, 0.15) is 11.5 Å². The van der Waals surface area contributed by atoms with Crippen molar-refractivity contribution in [3.05, 3.63) is 23.8 Å². The van der Waals surface area contributed by atoms with E-state index in [2.05, 4.69) is 10.6 Å². The minimum absolute atomic E-state index is 0.0191. The molecule has 0 aliphatic carbocycles. The highest BCUT2D eigenvalue weighted by Crippen LogP contribution is 2.24. The van der Waals surface area contributed by atoms with Crippen molar-refractivity contribution in [3.8, 4) is 11.5 Å². The maximum absolute atomic E-state index is 11.3. The lowest BCUT2D eigenvalue weighted by molar-refractivity contribution is -0.122. The maximum atomic E-state index is 11.3. The molecular formula is C14H22N2O4. The van der Waals surface area contributed by atoms with Crippen LogP contribution in [0.4, 0.5) is 0 Å². The third kappa shape index (κ3) is 5.46. The van der Waals surface area contributed by atoms with Crippen LogP contribution in [0.5, 0.6) is 11.5 Å². The molecule has 1 rings (SSSR count). The highest BCUT2D eigenvalue weighted by Gasteiger charge is 2.08. The van der Waals surface area contributed by atoms with Crippen LogP contribution >= 0.6 is 0 Å². The summed E-state index contributed by atoms with van der Waals surface area (Å²) < 4.78 is 15.7. The Balaban J connectivity index is 2.67. The number of nitrogens with one attached hydrogen (secondary N) is 2. The van der Waals surface area contributed by atoms with E-state index >= 15 is 0 Å². The first kappa shape index (κ1) is 16.3. The van der Waals surface area contributed by atoms with Crippen LogP contribution in [0, 0.1) is 0 Å². The molecule has 1 amide bonds. The van der Waals surface area contributed by atoms with E-state index in [0.29, 0.717) is 24.7 Å². The third-order valence-electron chi connectivity index (χ3n) is 2.71. The molecular weight excluding hydrogens is 260 g/mol. The van der Waals surface area contributed by atoms with Gasteiger partial charge in [-0.2, -0.15) is 0 Å². The Morgan fingerprint density at radius 2 is 2.10 bits per heavy atom. The van der Waals surface area contributed by atoms with Gasteiger partial charge in [0.05, 0.1) is 13.7 Å². The zero-order valence-corrected chi connectivity index (χ0v) is 12.2. The molecule has 112 valence electrons. The number of carbonyl (C=O) groups excluding carboxylic acids is 1. The summed E-state index contributed by atoms with van der Waals surface area (Å²) in [5.41, 5.74) is 0.964. The van der Waals surface area contributed by atoms with E-state index in [9.17, 15) is 4.79 Å². The molecule has 1 aromatic rings. The number of benzene rings is 1. The number of hydrogen-bond acceptors (Lipinski definition) is 5. The average molecular weight is 282 g/mol. The van der Waals surface area contributed by atoms with Crippen molar-refractivity contribution in [1.82, 2.24) is 10.6 Å². The molecule has 0 bridgehead atoms. The molecule has 0 aliphatic heterocycles. The highest BCUT2D eigenvalue weighted by molar-refractivity contribution is 5.77. The number of carbonyl (C=O) groups is 1. The number of amides is 1. The van der Waals surface area contributed by atoms with E-state index in [1.54, 1.807) is 27.3 Å². The standard InChI is InChI=1S/C14H22N2O4/c1-15-14(17)10-20-13-8-12(19-3)5-4-11(13)9-16-6-7-18-2/h4-5,8,16H,6-7,9-10H2,1-3H3,(H,15,17). The number of likely N-dealkylation sites (N-methyl/N-ethyl adjacent to an activating group) is 1. The van der Waals surface area contributed by atoms with Crippen LogP contribution in [0.1, 0.15) is 5.56 Å². The second-order valence-corrected chi connectivity index (χ2v) is 4.11. The number of hydrogen-bond donors (Lipinski definition) is 2. The molecule has 0 saturated carbocycles. The van der Waals surface area contributed by atoms with E-state index in [1.807, 2.05) is 12.1 Å². The molecule has 20 heavy (non-hydrogen) atoms. The van der Waals surface area contributed by atoms with Crippen molar-refractivity contribution in [2.75, 3.05) is 41.0 Å². The fraction of sp³-hybridized carbons (Fsp3) is 0.500. The lowest BCUT2D eigenvalue weighted by atomic mass is 10.2. The van der Waals surface area contributed by atoms with Crippen molar-refractivity contribution in [1.29, 1.82) is 0 Å². The van der Waals surface area contributed by atoms with Crippen LogP contribution in [0.2, 0.25) is 0 Å². The topological polar surface area (TPSA) is 68.8 Å². The van der Waals surface area contributed by atoms with Gasteiger partial charge >= 0.3 is 0 Å². The van der Waals surface area contributed by atoms with Gasteiger partial charge in [0.15, 0.2) is 6.61 Å². The first-order valence-corrected chi connectivity index (χ1v) is 6.41. The predicted molar refractivity (Wildman–Crippen MR) is 76.1 cm³/mol. The van der Waals surface area contributed by atoms with Crippen LogP contribution < -0.4 is 20.1 Å². The molecule has 2 N–H and O–H groups in total. The van der Waals surface area contributed by atoms with E-state index in [1.165, 1.54) is 0 Å². The summed E-state index contributed by atoms with van der Waals surface area (Å²) in [4.78, 5) is 11.3. The number of rotatable bonds is 9. The molecule has 0 unspecified atom stereocenters. The molecule has 0 aliphatic rings. The van der Waals surface area contributed by atoms with Gasteiger partial charge in [0.2, 0.25) is 0 Å². The van der Waals surface area contributed by atoms with Crippen LogP contribution in [-0.4, -0.2) is 46.9 Å². The Morgan fingerprint density at radius 3 is 2.75 bits per heavy atom. The molecule has 0 heterocycles. The van der Waals surface area contributed by atoms with E-state index in [-0.39, 0.29) is 12.5 Å². The van der Waals surface area contributed by atoms with Crippen molar-refractivity contribution in [3.63, 3.8) is 0 Å². The van der Waals surface area contributed by atoms with Crippen LogP contribution in [0.3, 0.4) is 0 Å². The molecule has 0 atom stereocenters. The van der Waals surface area contributed by atoms with Gasteiger partial charge in [0.25, 0.3) is 5.91 Å². The van der Waals surface area contributed by atoms with Crippen molar-refractivity contribution in [2.24, 2.45) is 0 Å². The molecule has 0 aromatic heterocycles. The first-order valence-electron chi connectivity index (χ1n) is 6.41. The van der Waals surface area contributed by atoms with E-state index in [0.717, 1.165) is 12.1 Å². The Labute approximate surface area is 119 Å². The SMILES string of the molecule is CNC(=O)COc1cc(OC)ccc1CNCCOC. The van der Waals surface area contributed by atoms with Gasteiger partial charge in [-0.25, -0.2) is 0 Å². The zero-order chi connectivity index (χ0) is 14.8. The van der Waals surface area contributed by atoms with Gasteiger partial charge < -0.3 is 24.8 Å². The van der Waals surface area contributed by atoms with Crippen LogP contribution in [0.15, 0.2) is 18.2 Å². The highest BCUT2D eigenvalue weighted by atomic mass is 16.5. The van der Waals surface area contributed by atoms with Gasteiger partial charge in [0, 0.05) is 38.9 Å². The Hall–Kier alpha value is -1.79. The lowest BCUT2D eigenvalue weighted by Gasteiger charge is -2.13. The summed E-state index contributed by atoms with van der Waals surface area (Å²) in [5.74, 6) is 1.15. The predicted octanol–water partition coefficient (Wildman–Crippen LogP) is 0.556. The first-order chi connectivity index (χ1) is 9.71. The molecule has 6 heteroatoms. The molecule has 0 fully saturated rings. The summed E-state index contributed by atoms with van der Waals surface area (Å²) in [6.07, 6.45) is 0. The largest absolute Gasteiger partial charge is 0.497 e. The van der Waals surface area contributed by atoms with E-state index < -0.39 is 0 Å². The van der Waals surface area contributed by atoms with Gasteiger partial charge in [-0.1, -0.05) is 6.07 Å². The summed E-state index contributed by atoms with van der Waals surface area (Å²) in [6.45, 7) is 2.01. The summed E-state index contributed by atoms with van der Waals surface area (Å²) in [5, 5.41) is 5.75. The molecule has 1 aromatic carbocycles. The fourth-order valence-corrected chi connectivity index (χ4v) is 1.56. The fourth-order valence-electron chi connectivity index (χ4n) is 1.56. The minimum atomic E-state index is -0.175. The number of methoxy groups -OCH3 is 2. The maximum Gasteiger partial charge on any atom is 0.257 e. The second kappa shape index (κ2) is 9.17. The number of ether oxygens (including phenoxy) is 3. The van der Waals surface area contributed by atoms with Crippen LogP contribution in [0.25, 0.3) is 0 Å².